The molecular formula is C25H27NO2S. The third-order valence-electron chi connectivity index (χ3n) is 5.02. The number of hydrogen-bond acceptors (Lipinski definition) is 3. The fourth-order valence-corrected chi connectivity index (χ4v) is 5.66. The van der Waals surface area contributed by atoms with E-state index in [4.69, 9.17) is 0 Å². The minimum atomic E-state index is -2.87. The second kappa shape index (κ2) is 9.68. The maximum absolute atomic E-state index is 14.1. The Labute approximate surface area is 173 Å². The SMILES string of the molecule is CC[C@@H](O)[C@@H](C=C(c1ccccc1)c1ccccc1)[S@](=O)(=NC)c1ccccc1. The van der Waals surface area contributed by atoms with Gasteiger partial charge in [-0.1, -0.05) is 91.9 Å². The van der Waals surface area contributed by atoms with Crippen LogP contribution in [0.4, 0.5) is 0 Å². The molecule has 0 bridgehead atoms. The van der Waals surface area contributed by atoms with Gasteiger partial charge in [0.2, 0.25) is 0 Å². The highest BCUT2D eigenvalue weighted by Gasteiger charge is 2.30. The van der Waals surface area contributed by atoms with Gasteiger partial charge in [-0.05, 0) is 35.3 Å². The van der Waals surface area contributed by atoms with Crippen LogP contribution in [-0.2, 0) is 9.73 Å². The van der Waals surface area contributed by atoms with Crippen molar-refractivity contribution >= 4 is 15.3 Å². The van der Waals surface area contributed by atoms with Crippen molar-refractivity contribution in [2.24, 2.45) is 4.36 Å². The van der Waals surface area contributed by atoms with Crippen molar-refractivity contribution in [1.82, 2.24) is 0 Å². The Kier molecular flexibility index (Phi) is 7.02. The minimum Gasteiger partial charge on any atom is -0.392 e. The molecule has 0 aliphatic rings. The fourth-order valence-electron chi connectivity index (χ4n) is 3.41. The lowest BCUT2D eigenvalue weighted by molar-refractivity contribution is 0.177. The van der Waals surface area contributed by atoms with Crippen LogP contribution in [0.5, 0.6) is 0 Å². The molecule has 4 heteroatoms. The lowest BCUT2D eigenvalue weighted by atomic mass is 9.96. The van der Waals surface area contributed by atoms with E-state index in [0.29, 0.717) is 11.3 Å². The summed E-state index contributed by atoms with van der Waals surface area (Å²) in [5.41, 5.74) is 2.96. The molecule has 3 aromatic rings. The quantitative estimate of drug-likeness (QED) is 0.571. The molecule has 0 fully saturated rings. The van der Waals surface area contributed by atoms with Crippen molar-refractivity contribution in [1.29, 1.82) is 0 Å². The van der Waals surface area contributed by atoms with Crippen molar-refractivity contribution < 1.29 is 9.32 Å². The van der Waals surface area contributed by atoms with Crippen LogP contribution >= 0.6 is 0 Å². The van der Waals surface area contributed by atoms with Crippen LogP contribution in [0.25, 0.3) is 5.57 Å². The highest BCUT2D eigenvalue weighted by Crippen LogP contribution is 2.30. The summed E-state index contributed by atoms with van der Waals surface area (Å²) >= 11 is 0. The minimum absolute atomic E-state index is 0.484. The number of rotatable bonds is 7. The molecule has 0 spiro atoms. The van der Waals surface area contributed by atoms with E-state index in [9.17, 15) is 9.32 Å². The van der Waals surface area contributed by atoms with Crippen molar-refractivity contribution in [2.75, 3.05) is 7.05 Å². The Morgan fingerprint density at radius 2 is 1.34 bits per heavy atom. The van der Waals surface area contributed by atoms with Crippen LogP contribution in [0.2, 0.25) is 0 Å². The van der Waals surface area contributed by atoms with Crippen LogP contribution in [-0.4, -0.2) is 27.7 Å². The molecule has 0 saturated carbocycles. The van der Waals surface area contributed by atoms with E-state index in [-0.39, 0.29) is 0 Å². The predicted molar refractivity (Wildman–Crippen MR) is 121 cm³/mol. The molecule has 1 N–H and O–H groups in total. The molecule has 3 aromatic carbocycles. The smallest absolute Gasteiger partial charge is 0.0922 e. The van der Waals surface area contributed by atoms with E-state index in [2.05, 4.69) is 4.36 Å². The van der Waals surface area contributed by atoms with Gasteiger partial charge in [0.1, 0.15) is 0 Å². The highest BCUT2D eigenvalue weighted by molar-refractivity contribution is 7.94. The van der Waals surface area contributed by atoms with E-state index in [1.807, 2.05) is 104 Å². The van der Waals surface area contributed by atoms with Gasteiger partial charge in [0, 0.05) is 11.9 Å². The zero-order chi connectivity index (χ0) is 20.7. The normalized spacial score (nSPS) is 15.0. The van der Waals surface area contributed by atoms with Gasteiger partial charge in [-0.2, -0.15) is 0 Å². The first-order chi connectivity index (χ1) is 14.1. The van der Waals surface area contributed by atoms with Crippen LogP contribution in [0.3, 0.4) is 0 Å². The number of hydrogen-bond donors (Lipinski definition) is 1. The molecule has 0 aliphatic carbocycles. The summed E-state index contributed by atoms with van der Waals surface area (Å²) in [5, 5.41) is 10.3. The molecule has 3 nitrogen and oxygen atoms in total. The third kappa shape index (κ3) is 4.66. The molecule has 0 aliphatic heterocycles. The molecule has 0 aromatic heterocycles. The van der Waals surface area contributed by atoms with Crippen molar-refractivity contribution in [3.05, 3.63) is 108 Å². The topological polar surface area (TPSA) is 49.7 Å². The molecule has 150 valence electrons. The summed E-state index contributed by atoms with van der Waals surface area (Å²) < 4.78 is 18.4. The molecule has 0 heterocycles. The van der Waals surface area contributed by atoms with E-state index in [1.165, 1.54) is 0 Å². The van der Waals surface area contributed by atoms with Gasteiger partial charge in [-0.15, -0.1) is 0 Å². The van der Waals surface area contributed by atoms with Gasteiger partial charge in [0.05, 0.1) is 21.1 Å². The van der Waals surface area contributed by atoms with Crippen LogP contribution in [0, 0.1) is 0 Å². The average molecular weight is 406 g/mol. The fraction of sp³-hybridized carbons (Fsp3) is 0.200. The Morgan fingerprint density at radius 3 is 1.76 bits per heavy atom. The lowest BCUT2D eigenvalue weighted by Gasteiger charge is -2.25. The molecule has 3 rings (SSSR count). The second-order valence-corrected chi connectivity index (χ2v) is 9.34. The monoisotopic (exact) mass is 405 g/mol. The zero-order valence-electron chi connectivity index (χ0n) is 16.8. The van der Waals surface area contributed by atoms with Gasteiger partial charge >= 0.3 is 0 Å². The maximum Gasteiger partial charge on any atom is 0.0922 e. The van der Waals surface area contributed by atoms with E-state index in [1.54, 1.807) is 7.05 Å². The maximum atomic E-state index is 14.1. The summed E-state index contributed by atoms with van der Waals surface area (Å²) in [6, 6.07) is 29.2. The highest BCUT2D eigenvalue weighted by atomic mass is 32.2. The first-order valence-corrected chi connectivity index (χ1v) is 11.4. The Balaban J connectivity index is 2.24. The molecule has 0 unspecified atom stereocenters. The van der Waals surface area contributed by atoms with Crippen LogP contribution in [0.1, 0.15) is 24.5 Å². The van der Waals surface area contributed by atoms with Gasteiger partial charge in [-0.3, -0.25) is 0 Å². The van der Waals surface area contributed by atoms with Crippen LogP contribution < -0.4 is 0 Å². The van der Waals surface area contributed by atoms with Gasteiger partial charge in [0.25, 0.3) is 0 Å². The van der Waals surface area contributed by atoms with Crippen molar-refractivity contribution in [3.63, 3.8) is 0 Å². The molecular weight excluding hydrogens is 378 g/mol. The van der Waals surface area contributed by atoms with E-state index in [0.717, 1.165) is 16.7 Å². The van der Waals surface area contributed by atoms with Crippen molar-refractivity contribution in [3.8, 4) is 0 Å². The van der Waals surface area contributed by atoms with Crippen LogP contribution in [0.15, 0.2) is 106 Å². The molecule has 29 heavy (non-hydrogen) atoms. The van der Waals surface area contributed by atoms with Gasteiger partial charge in [-0.25, -0.2) is 8.57 Å². The number of nitrogens with zero attached hydrogens (tertiary/aromatic N) is 1. The Morgan fingerprint density at radius 1 is 0.897 bits per heavy atom. The molecule has 0 radical (unpaired) electrons. The zero-order valence-corrected chi connectivity index (χ0v) is 17.6. The third-order valence-corrected chi connectivity index (χ3v) is 7.70. The summed E-state index contributed by atoms with van der Waals surface area (Å²) in [7, 11) is -1.30. The first-order valence-electron chi connectivity index (χ1n) is 9.80. The number of aliphatic hydroxyl groups excluding tert-OH is 1. The number of aliphatic hydroxyl groups is 1. The van der Waals surface area contributed by atoms with Gasteiger partial charge < -0.3 is 5.11 Å². The van der Waals surface area contributed by atoms with Crippen molar-refractivity contribution in [2.45, 2.75) is 29.6 Å². The molecule has 0 saturated heterocycles. The summed E-state index contributed by atoms with van der Waals surface area (Å²) in [6.45, 7) is 1.90. The second-order valence-electron chi connectivity index (χ2n) is 6.82. The molecule has 3 atom stereocenters. The lowest BCUT2D eigenvalue weighted by Crippen LogP contribution is -2.32. The summed E-state index contributed by atoms with van der Waals surface area (Å²) in [5.74, 6) is 0. The predicted octanol–water partition coefficient (Wildman–Crippen LogP) is 5.41. The van der Waals surface area contributed by atoms with Gasteiger partial charge in [0.15, 0.2) is 0 Å². The summed E-state index contributed by atoms with van der Waals surface area (Å²) in [6.07, 6.45) is 1.65. The Bertz CT molecular complexity index is 1010. The molecule has 0 amide bonds. The first kappa shape index (κ1) is 21.0. The summed E-state index contributed by atoms with van der Waals surface area (Å²) in [4.78, 5) is 0.636. The van der Waals surface area contributed by atoms with E-state index < -0.39 is 21.1 Å². The Hall–Kier alpha value is -2.69. The standard InChI is InChI=1S/C25H27NO2S/c1-3-24(27)25(29(28,26-2)22-17-11-6-12-18-22)19-23(20-13-7-4-8-14-20)21-15-9-5-10-16-21/h4-19,24-25,27H,3H2,1-2H3/t24-,25-,29+/m1/s1. The average Bonchev–Trinajstić information content (AvgIpc) is 2.80. The van der Waals surface area contributed by atoms with E-state index >= 15 is 0 Å². The largest absolute Gasteiger partial charge is 0.392 e. The number of benzene rings is 3.